The molecule has 4 rings (SSSR count). The molecule has 7 heteroatoms. The van der Waals surface area contributed by atoms with Gasteiger partial charge in [0.05, 0.1) is 0 Å². The summed E-state index contributed by atoms with van der Waals surface area (Å²) in [6, 6.07) is 10.9. The van der Waals surface area contributed by atoms with Crippen LogP contribution in [0.3, 0.4) is 0 Å². The number of rotatable bonds is 7. The normalized spacial score (nSPS) is 22.2. The number of carbonyl (C=O) groups excluding carboxylic acids is 1. The lowest BCUT2D eigenvalue weighted by atomic mass is 9.84. The van der Waals surface area contributed by atoms with E-state index in [1.807, 2.05) is 30.3 Å². The van der Waals surface area contributed by atoms with Crippen LogP contribution < -0.4 is 10.1 Å². The van der Waals surface area contributed by atoms with Crippen LogP contribution in [-0.2, 0) is 0 Å². The van der Waals surface area contributed by atoms with Crippen molar-refractivity contribution in [2.24, 2.45) is 5.92 Å². The van der Waals surface area contributed by atoms with Gasteiger partial charge in [0.2, 0.25) is 0 Å². The van der Waals surface area contributed by atoms with Crippen LogP contribution in [0.25, 0.3) is 0 Å². The number of hydrogen-bond donors (Lipinski definition) is 1. The first kappa shape index (κ1) is 23.6. The molecule has 1 aliphatic heterocycles. The highest BCUT2D eigenvalue weighted by atomic mass is 19.2. The Kier molecular flexibility index (Phi) is 7.91. The molecule has 0 unspecified atom stereocenters. The van der Waals surface area contributed by atoms with Gasteiger partial charge in [0.15, 0.2) is 23.2 Å². The molecule has 0 radical (unpaired) electrons. The van der Waals surface area contributed by atoms with Crippen LogP contribution in [0, 0.1) is 23.4 Å². The van der Waals surface area contributed by atoms with Gasteiger partial charge in [-0.3, -0.25) is 4.79 Å². The summed E-state index contributed by atoms with van der Waals surface area (Å²) in [5, 5.41) is 3.16. The Balaban J connectivity index is 1.13. The zero-order valence-corrected chi connectivity index (χ0v) is 18.7. The minimum absolute atomic E-state index is 0.00685. The third-order valence-corrected chi connectivity index (χ3v) is 6.87. The Hall–Kier alpha value is -2.54. The van der Waals surface area contributed by atoms with Crippen LogP contribution in [0.1, 0.15) is 55.3 Å². The summed E-state index contributed by atoms with van der Waals surface area (Å²) in [5.41, 5.74) is 0.708. The summed E-state index contributed by atoms with van der Waals surface area (Å²) in [7, 11) is 0. The van der Waals surface area contributed by atoms with Crippen molar-refractivity contribution in [2.75, 3.05) is 19.6 Å². The fourth-order valence-corrected chi connectivity index (χ4v) is 4.84. The Morgan fingerprint density at radius 1 is 0.909 bits per heavy atom. The molecule has 1 N–H and O–H groups in total. The minimum Gasteiger partial charge on any atom is -0.487 e. The quantitative estimate of drug-likeness (QED) is 0.568. The van der Waals surface area contributed by atoms with E-state index in [0.717, 1.165) is 70.6 Å². The zero-order valence-electron chi connectivity index (χ0n) is 18.7. The van der Waals surface area contributed by atoms with Crippen molar-refractivity contribution in [3.8, 4) is 5.75 Å². The molecule has 2 fully saturated rings. The van der Waals surface area contributed by atoms with Crippen LogP contribution in [-0.4, -0.2) is 42.6 Å². The van der Waals surface area contributed by atoms with E-state index in [1.54, 1.807) is 0 Å². The Morgan fingerprint density at radius 2 is 1.58 bits per heavy atom. The maximum atomic E-state index is 13.8. The van der Waals surface area contributed by atoms with Gasteiger partial charge in [-0.2, -0.15) is 0 Å². The van der Waals surface area contributed by atoms with Crippen molar-refractivity contribution in [1.29, 1.82) is 0 Å². The second-order valence-corrected chi connectivity index (χ2v) is 9.20. The first-order valence-corrected chi connectivity index (χ1v) is 11.9. The Labute approximate surface area is 193 Å². The molecule has 178 valence electrons. The third-order valence-electron chi connectivity index (χ3n) is 6.87. The summed E-state index contributed by atoms with van der Waals surface area (Å²) in [6.07, 6.45) is 6.67. The number of nitrogens with zero attached hydrogens (tertiary/aromatic N) is 1. The van der Waals surface area contributed by atoms with Crippen molar-refractivity contribution in [1.82, 2.24) is 10.2 Å². The van der Waals surface area contributed by atoms with Crippen molar-refractivity contribution >= 4 is 5.91 Å². The van der Waals surface area contributed by atoms with Crippen molar-refractivity contribution < 1.29 is 22.7 Å². The van der Waals surface area contributed by atoms with E-state index < -0.39 is 17.5 Å². The highest BCUT2D eigenvalue weighted by Gasteiger charge is 2.26. The van der Waals surface area contributed by atoms with E-state index in [9.17, 15) is 18.0 Å². The van der Waals surface area contributed by atoms with E-state index in [1.165, 1.54) is 0 Å². The maximum Gasteiger partial charge on any atom is 0.251 e. The maximum absolute atomic E-state index is 13.8. The second-order valence-electron chi connectivity index (χ2n) is 9.20. The Bertz CT molecular complexity index is 925. The van der Waals surface area contributed by atoms with E-state index in [4.69, 9.17) is 4.74 Å². The molecule has 2 aromatic carbocycles. The predicted octanol–water partition coefficient (Wildman–Crippen LogP) is 5.33. The van der Waals surface area contributed by atoms with Gasteiger partial charge in [-0.25, -0.2) is 13.2 Å². The molecule has 4 nitrogen and oxygen atoms in total. The number of hydrogen-bond acceptors (Lipinski definition) is 3. The molecule has 1 amide bonds. The SMILES string of the molecule is O=C(NC1CCC(CCN2CCC(Oc3cc(F)c(F)cc3F)CC2)CC1)c1ccccc1. The smallest absolute Gasteiger partial charge is 0.251 e. The van der Waals surface area contributed by atoms with Gasteiger partial charge >= 0.3 is 0 Å². The first-order valence-electron chi connectivity index (χ1n) is 11.9. The van der Waals surface area contributed by atoms with Crippen molar-refractivity contribution in [2.45, 2.75) is 57.1 Å². The zero-order chi connectivity index (χ0) is 23.2. The Morgan fingerprint density at radius 3 is 2.27 bits per heavy atom. The number of benzene rings is 2. The average Bonchev–Trinajstić information content (AvgIpc) is 2.83. The largest absolute Gasteiger partial charge is 0.487 e. The summed E-state index contributed by atoms with van der Waals surface area (Å²) in [5.74, 6) is -2.72. The molecule has 2 aromatic rings. The number of carbonyl (C=O) groups is 1. The minimum atomic E-state index is -1.21. The molecule has 1 saturated heterocycles. The van der Waals surface area contributed by atoms with Crippen LogP contribution in [0.4, 0.5) is 13.2 Å². The van der Waals surface area contributed by atoms with Gasteiger partial charge in [0.25, 0.3) is 5.91 Å². The van der Waals surface area contributed by atoms with Gasteiger partial charge in [0, 0.05) is 36.8 Å². The molecular formula is C26H31F3N2O2. The number of ether oxygens (including phenoxy) is 1. The molecule has 0 aromatic heterocycles. The van der Waals surface area contributed by atoms with Crippen LogP contribution in [0.2, 0.25) is 0 Å². The average molecular weight is 461 g/mol. The molecule has 0 atom stereocenters. The van der Waals surface area contributed by atoms with Gasteiger partial charge < -0.3 is 15.0 Å². The van der Waals surface area contributed by atoms with Crippen molar-refractivity contribution in [3.63, 3.8) is 0 Å². The van der Waals surface area contributed by atoms with Crippen LogP contribution >= 0.6 is 0 Å². The lowest BCUT2D eigenvalue weighted by Crippen LogP contribution is -2.40. The van der Waals surface area contributed by atoms with E-state index in [0.29, 0.717) is 17.5 Å². The summed E-state index contributed by atoms with van der Waals surface area (Å²) in [4.78, 5) is 14.7. The number of amides is 1. The molecule has 33 heavy (non-hydrogen) atoms. The van der Waals surface area contributed by atoms with Gasteiger partial charge in [-0.05, 0) is 69.5 Å². The molecular weight excluding hydrogens is 429 g/mol. The third kappa shape index (κ3) is 6.50. The van der Waals surface area contributed by atoms with Crippen LogP contribution in [0.15, 0.2) is 42.5 Å². The highest BCUT2D eigenvalue weighted by molar-refractivity contribution is 5.94. The van der Waals surface area contributed by atoms with Gasteiger partial charge in [-0.15, -0.1) is 0 Å². The van der Waals surface area contributed by atoms with Crippen molar-refractivity contribution in [3.05, 3.63) is 65.5 Å². The van der Waals surface area contributed by atoms with Gasteiger partial charge in [0.1, 0.15) is 6.10 Å². The lowest BCUT2D eigenvalue weighted by molar-refractivity contribution is 0.0884. The van der Waals surface area contributed by atoms with Crippen LogP contribution in [0.5, 0.6) is 5.75 Å². The van der Waals surface area contributed by atoms with E-state index in [-0.39, 0.29) is 23.8 Å². The van der Waals surface area contributed by atoms with E-state index in [2.05, 4.69) is 10.2 Å². The van der Waals surface area contributed by atoms with E-state index >= 15 is 0 Å². The molecule has 2 aliphatic rings. The topological polar surface area (TPSA) is 41.6 Å². The molecule has 1 saturated carbocycles. The fraction of sp³-hybridized carbons (Fsp3) is 0.500. The molecule has 0 bridgehead atoms. The predicted molar refractivity (Wildman–Crippen MR) is 121 cm³/mol. The highest BCUT2D eigenvalue weighted by Crippen LogP contribution is 2.29. The number of nitrogens with one attached hydrogen (secondary N) is 1. The van der Waals surface area contributed by atoms with Gasteiger partial charge in [-0.1, -0.05) is 18.2 Å². The number of piperidine rings is 1. The summed E-state index contributed by atoms with van der Waals surface area (Å²) < 4.78 is 45.9. The summed E-state index contributed by atoms with van der Waals surface area (Å²) in [6.45, 7) is 2.70. The number of likely N-dealkylation sites (tertiary alicyclic amines) is 1. The second kappa shape index (κ2) is 11.1. The fourth-order valence-electron chi connectivity index (χ4n) is 4.84. The standard InChI is InChI=1S/C26H31F3N2O2/c27-22-16-24(29)25(17-23(22)28)33-21-11-14-31(15-12-21)13-10-18-6-8-20(9-7-18)30-26(32)19-4-2-1-3-5-19/h1-5,16-18,20-21H,6-15H2,(H,30,32). The summed E-state index contributed by atoms with van der Waals surface area (Å²) >= 11 is 0. The monoisotopic (exact) mass is 460 g/mol. The first-order chi connectivity index (χ1) is 16.0. The molecule has 0 spiro atoms. The molecule has 1 heterocycles. The number of halogens is 3. The molecule has 1 aliphatic carbocycles. The lowest BCUT2D eigenvalue weighted by Gasteiger charge is -2.34.